The lowest BCUT2D eigenvalue weighted by atomic mass is 10.2. The summed E-state index contributed by atoms with van der Waals surface area (Å²) in [4.78, 5) is 14.4. The van der Waals surface area contributed by atoms with Crippen molar-refractivity contribution in [2.75, 3.05) is 7.11 Å². The normalized spacial score (nSPS) is 10.6. The molecule has 1 heterocycles. The predicted molar refractivity (Wildman–Crippen MR) is 63.9 cm³/mol. The summed E-state index contributed by atoms with van der Waals surface area (Å²) in [7, 11) is 1.37. The number of H-pyrrole nitrogens is 1. The molecule has 0 saturated carbocycles. The van der Waals surface area contributed by atoms with Gasteiger partial charge in [0.1, 0.15) is 6.54 Å². The summed E-state index contributed by atoms with van der Waals surface area (Å²) in [5, 5.41) is 0. The molecule has 0 aliphatic carbocycles. The second kappa shape index (κ2) is 4.09. The van der Waals surface area contributed by atoms with Gasteiger partial charge in [-0.05, 0) is 30.8 Å². The topological polar surface area (TPSA) is 47.0 Å². The number of carbonyl (C=O) groups is 1. The van der Waals surface area contributed by atoms with Crippen molar-refractivity contribution in [3.8, 4) is 0 Å². The first kappa shape index (κ1) is 10.9. The molecule has 0 aliphatic rings. The molecule has 1 aromatic carbocycles. The molecule has 0 unspecified atom stereocenters. The van der Waals surface area contributed by atoms with Gasteiger partial charge in [-0.1, -0.05) is 12.1 Å². The Morgan fingerprint density at radius 2 is 2.31 bits per heavy atom. The fraction of sp³-hybridized carbons (Fsp3) is 0.273. The van der Waals surface area contributed by atoms with Gasteiger partial charge < -0.3 is 14.3 Å². The Kier molecular flexibility index (Phi) is 2.78. The molecule has 1 N–H and O–H groups in total. The number of hydrogen-bond donors (Lipinski definition) is 1. The lowest BCUT2D eigenvalue weighted by Gasteiger charge is -2.04. The van der Waals surface area contributed by atoms with Crippen LogP contribution in [0.4, 0.5) is 0 Å². The van der Waals surface area contributed by atoms with Gasteiger partial charge in [-0.2, -0.15) is 0 Å². The molecule has 0 aliphatic heterocycles. The molecule has 5 heteroatoms. The number of para-hydroxylation sites is 1. The van der Waals surface area contributed by atoms with Gasteiger partial charge in [-0.15, -0.1) is 0 Å². The second-order valence-electron chi connectivity index (χ2n) is 3.56. The Morgan fingerprint density at radius 3 is 3.00 bits per heavy atom. The number of ether oxygens (including phenoxy) is 1. The number of nitrogens with one attached hydrogen (secondary N) is 1. The molecular weight excluding hydrogens is 224 g/mol. The van der Waals surface area contributed by atoms with E-state index in [-0.39, 0.29) is 12.5 Å². The number of aromatic amines is 1. The fourth-order valence-electron chi connectivity index (χ4n) is 1.75. The average molecular weight is 236 g/mol. The van der Waals surface area contributed by atoms with Crippen LogP contribution in [0.2, 0.25) is 0 Å². The monoisotopic (exact) mass is 236 g/mol. The molecule has 2 rings (SSSR count). The highest BCUT2D eigenvalue weighted by Gasteiger charge is 2.10. The fourth-order valence-corrected chi connectivity index (χ4v) is 2.01. The van der Waals surface area contributed by atoms with Crippen LogP contribution in [0.1, 0.15) is 5.56 Å². The number of nitrogens with zero attached hydrogens (tertiary/aromatic N) is 1. The van der Waals surface area contributed by atoms with E-state index in [4.69, 9.17) is 12.2 Å². The summed E-state index contributed by atoms with van der Waals surface area (Å²) in [6, 6.07) is 5.87. The van der Waals surface area contributed by atoms with E-state index in [9.17, 15) is 4.79 Å². The quantitative estimate of drug-likeness (QED) is 0.642. The maximum absolute atomic E-state index is 11.3. The van der Waals surface area contributed by atoms with Gasteiger partial charge in [0, 0.05) is 0 Å². The van der Waals surface area contributed by atoms with Crippen LogP contribution in [-0.2, 0) is 16.1 Å². The first-order chi connectivity index (χ1) is 7.63. The number of aryl methyl sites for hydroxylation is 1. The zero-order chi connectivity index (χ0) is 11.7. The lowest BCUT2D eigenvalue weighted by Crippen LogP contribution is -2.11. The standard InChI is InChI=1S/C11H12N2O2S/c1-7-4-3-5-8-10(7)13(11(16)12-8)6-9(14)15-2/h3-5H,6H2,1-2H3,(H,12,16). The molecule has 0 fully saturated rings. The Bertz CT molecular complexity index is 598. The largest absolute Gasteiger partial charge is 0.468 e. The van der Waals surface area contributed by atoms with E-state index >= 15 is 0 Å². The summed E-state index contributed by atoms with van der Waals surface area (Å²) < 4.78 is 6.94. The summed E-state index contributed by atoms with van der Waals surface area (Å²) in [6.45, 7) is 2.12. The molecule has 0 spiro atoms. The number of carbonyl (C=O) groups excluding carboxylic acids is 1. The molecule has 0 saturated heterocycles. The van der Waals surface area contributed by atoms with Gasteiger partial charge in [-0.25, -0.2) is 0 Å². The third-order valence-corrected chi connectivity index (χ3v) is 2.83. The highest BCUT2D eigenvalue weighted by atomic mass is 32.1. The predicted octanol–water partition coefficient (Wildman–Crippen LogP) is 2.18. The number of hydrogen-bond acceptors (Lipinski definition) is 3. The van der Waals surface area contributed by atoms with E-state index in [0.29, 0.717) is 4.77 Å². The summed E-state index contributed by atoms with van der Waals surface area (Å²) in [5.41, 5.74) is 2.97. The van der Waals surface area contributed by atoms with Gasteiger partial charge in [0.15, 0.2) is 4.77 Å². The number of aromatic nitrogens is 2. The minimum absolute atomic E-state index is 0.139. The van der Waals surface area contributed by atoms with E-state index in [2.05, 4.69) is 9.72 Å². The molecule has 0 atom stereocenters. The number of esters is 1. The molecule has 84 valence electrons. The van der Waals surface area contributed by atoms with Gasteiger partial charge in [0.25, 0.3) is 0 Å². The number of imidazole rings is 1. The van der Waals surface area contributed by atoms with Crippen molar-refractivity contribution >= 4 is 29.2 Å². The smallest absolute Gasteiger partial charge is 0.325 e. The summed E-state index contributed by atoms with van der Waals surface area (Å²) in [5.74, 6) is -0.305. The van der Waals surface area contributed by atoms with Crippen LogP contribution < -0.4 is 0 Å². The van der Waals surface area contributed by atoms with Crippen molar-refractivity contribution in [3.05, 3.63) is 28.5 Å². The summed E-state index contributed by atoms with van der Waals surface area (Å²) in [6.07, 6.45) is 0. The molecule has 2 aromatic rings. The van der Waals surface area contributed by atoms with Crippen molar-refractivity contribution in [2.45, 2.75) is 13.5 Å². The van der Waals surface area contributed by atoms with E-state index in [1.165, 1.54) is 7.11 Å². The zero-order valence-corrected chi connectivity index (χ0v) is 9.93. The molecule has 1 aromatic heterocycles. The lowest BCUT2D eigenvalue weighted by molar-refractivity contribution is -0.141. The van der Waals surface area contributed by atoms with Crippen LogP contribution in [0.15, 0.2) is 18.2 Å². The van der Waals surface area contributed by atoms with Gasteiger partial charge >= 0.3 is 5.97 Å². The van der Waals surface area contributed by atoms with Crippen LogP contribution in [-0.4, -0.2) is 22.6 Å². The van der Waals surface area contributed by atoms with E-state index in [1.807, 2.05) is 25.1 Å². The minimum Gasteiger partial charge on any atom is -0.468 e. The third kappa shape index (κ3) is 1.74. The highest BCUT2D eigenvalue weighted by Crippen LogP contribution is 2.18. The molecule has 0 bridgehead atoms. The second-order valence-corrected chi connectivity index (χ2v) is 3.95. The van der Waals surface area contributed by atoms with Crippen molar-refractivity contribution < 1.29 is 9.53 Å². The summed E-state index contributed by atoms with van der Waals surface area (Å²) >= 11 is 5.18. The maximum atomic E-state index is 11.3. The van der Waals surface area contributed by atoms with Crippen molar-refractivity contribution in [2.24, 2.45) is 0 Å². The third-order valence-electron chi connectivity index (χ3n) is 2.51. The molecular formula is C11H12N2O2S. The minimum atomic E-state index is -0.305. The number of fused-ring (bicyclic) bond motifs is 1. The van der Waals surface area contributed by atoms with Crippen LogP contribution >= 0.6 is 12.2 Å². The van der Waals surface area contributed by atoms with Crippen molar-refractivity contribution in [3.63, 3.8) is 0 Å². The number of rotatable bonds is 2. The Hall–Kier alpha value is -1.62. The average Bonchev–Trinajstić information content (AvgIpc) is 2.56. The molecule has 4 nitrogen and oxygen atoms in total. The van der Waals surface area contributed by atoms with E-state index in [0.717, 1.165) is 16.6 Å². The van der Waals surface area contributed by atoms with Crippen LogP contribution in [0.25, 0.3) is 11.0 Å². The SMILES string of the molecule is COC(=O)Cn1c(=S)[nH]c2cccc(C)c21. The maximum Gasteiger partial charge on any atom is 0.325 e. The van der Waals surface area contributed by atoms with Crippen LogP contribution in [0.5, 0.6) is 0 Å². The van der Waals surface area contributed by atoms with Crippen molar-refractivity contribution in [1.29, 1.82) is 0 Å². The molecule has 16 heavy (non-hydrogen) atoms. The van der Waals surface area contributed by atoms with Gasteiger partial charge in [0.2, 0.25) is 0 Å². The van der Waals surface area contributed by atoms with E-state index in [1.54, 1.807) is 4.57 Å². The Morgan fingerprint density at radius 1 is 1.56 bits per heavy atom. The highest BCUT2D eigenvalue weighted by molar-refractivity contribution is 7.71. The number of benzene rings is 1. The zero-order valence-electron chi connectivity index (χ0n) is 9.11. The molecule has 0 amide bonds. The Balaban J connectivity index is 2.64. The number of methoxy groups -OCH3 is 1. The van der Waals surface area contributed by atoms with E-state index < -0.39 is 0 Å². The first-order valence-corrected chi connectivity index (χ1v) is 5.29. The molecule has 0 radical (unpaired) electrons. The van der Waals surface area contributed by atoms with Crippen molar-refractivity contribution in [1.82, 2.24) is 9.55 Å². The van der Waals surface area contributed by atoms with Crippen LogP contribution in [0, 0.1) is 11.7 Å². The first-order valence-electron chi connectivity index (χ1n) is 4.88. The van der Waals surface area contributed by atoms with Crippen LogP contribution in [0.3, 0.4) is 0 Å². The Labute approximate surface area is 97.8 Å². The van der Waals surface area contributed by atoms with Gasteiger partial charge in [-0.3, -0.25) is 4.79 Å². The van der Waals surface area contributed by atoms with Gasteiger partial charge in [0.05, 0.1) is 18.1 Å².